The molecule has 4 rings (SSSR count). The van der Waals surface area contributed by atoms with Gasteiger partial charge in [-0.3, -0.25) is 24.1 Å². The maximum absolute atomic E-state index is 12.5. The first-order valence-corrected chi connectivity index (χ1v) is 10.4. The van der Waals surface area contributed by atoms with Crippen LogP contribution in [-0.2, 0) is 27.3 Å². The second-order valence-electron chi connectivity index (χ2n) is 7.91. The van der Waals surface area contributed by atoms with Crippen molar-refractivity contribution in [2.24, 2.45) is 0 Å². The number of hydrogen-bond donors (Lipinski definition) is 0. The molecule has 160 valence electrons. The van der Waals surface area contributed by atoms with Gasteiger partial charge in [-0.1, -0.05) is 35.9 Å². The van der Waals surface area contributed by atoms with Crippen LogP contribution in [0.3, 0.4) is 0 Å². The van der Waals surface area contributed by atoms with Gasteiger partial charge in [-0.25, -0.2) is 0 Å². The quantitative estimate of drug-likeness (QED) is 0.530. The van der Waals surface area contributed by atoms with Crippen LogP contribution in [0.2, 0.25) is 0 Å². The number of benzene rings is 2. The van der Waals surface area contributed by atoms with E-state index < -0.39 is 5.97 Å². The number of hydrogen-bond acceptors (Lipinski definition) is 5. The molecular formula is C24H24N2O5. The number of fused-ring (bicyclic) bond motifs is 2. The van der Waals surface area contributed by atoms with Gasteiger partial charge in [0.05, 0.1) is 11.1 Å². The maximum atomic E-state index is 12.5. The van der Waals surface area contributed by atoms with Gasteiger partial charge in [0.1, 0.15) is 0 Å². The standard InChI is InChI=1S/C24H24N2O5/c1-16-8-9-19-20(13-16)24(30)26(23(19)29)11-4-7-22(28)31-15-21(27)25-12-10-17-5-2-3-6-18(17)14-25/h2-3,5-6,8-9,13H,4,7,10-12,14-15H2,1H3. The van der Waals surface area contributed by atoms with Gasteiger partial charge >= 0.3 is 5.97 Å². The number of nitrogens with zero attached hydrogens (tertiary/aromatic N) is 2. The molecule has 31 heavy (non-hydrogen) atoms. The van der Waals surface area contributed by atoms with Gasteiger partial charge in [-0.2, -0.15) is 0 Å². The molecule has 0 radical (unpaired) electrons. The summed E-state index contributed by atoms with van der Waals surface area (Å²) >= 11 is 0. The Kier molecular flexibility index (Phi) is 5.84. The second-order valence-corrected chi connectivity index (χ2v) is 7.91. The van der Waals surface area contributed by atoms with E-state index in [1.807, 2.05) is 25.1 Å². The lowest BCUT2D eigenvalue weighted by Gasteiger charge is -2.28. The number of imide groups is 1. The fraction of sp³-hybridized carbons (Fsp3) is 0.333. The molecule has 0 aliphatic carbocycles. The zero-order chi connectivity index (χ0) is 22.0. The highest BCUT2D eigenvalue weighted by Gasteiger charge is 2.35. The summed E-state index contributed by atoms with van der Waals surface area (Å²) in [6.07, 6.45) is 1.10. The first kappa shape index (κ1) is 20.8. The van der Waals surface area contributed by atoms with E-state index in [1.165, 1.54) is 5.56 Å². The smallest absolute Gasteiger partial charge is 0.306 e. The van der Waals surface area contributed by atoms with Gasteiger partial charge in [0.15, 0.2) is 6.61 Å². The Labute approximate surface area is 180 Å². The third-order valence-corrected chi connectivity index (χ3v) is 5.73. The maximum Gasteiger partial charge on any atom is 0.306 e. The molecular weight excluding hydrogens is 396 g/mol. The molecule has 0 fully saturated rings. The van der Waals surface area contributed by atoms with Crippen molar-refractivity contribution < 1.29 is 23.9 Å². The largest absolute Gasteiger partial charge is 0.456 e. The van der Waals surface area contributed by atoms with E-state index in [9.17, 15) is 19.2 Å². The fourth-order valence-corrected chi connectivity index (χ4v) is 4.00. The van der Waals surface area contributed by atoms with Gasteiger partial charge in [0.2, 0.25) is 0 Å². The summed E-state index contributed by atoms with van der Waals surface area (Å²) in [7, 11) is 0. The fourth-order valence-electron chi connectivity index (χ4n) is 4.00. The van der Waals surface area contributed by atoms with Crippen LogP contribution < -0.4 is 0 Å². The summed E-state index contributed by atoms with van der Waals surface area (Å²) in [4.78, 5) is 52.1. The summed E-state index contributed by atoms with van der Waals surface area (Å²) in [5.41, 5.74) is 4.07. The molecule has 7 nitrogen and oxygen atoms in total. The summed E-state index contributed by atoms with van der Waals surface area (Å²) in [6, 6.07) is 13.2. The number of esters is 1. The van der Waals surface area contributed by atoms with Crippen molar-refractivity contribution in [2.45, 2.75) is 32.7 Å². The van der Waals surface area contributed by atoms with Crippen molar-refractivity contribution in [3.05, 3.63) is 70.3 Å². The Morgan fingerprint density at radius 2 is 1.74 bits per heavy atom. The Bertz CT molecular complexity index is 1060. The van der Waals surface area contributed by atoms with Crippen LogP contribution in [0.25, 0.3) is 0 Å². The zero-order valence-corrected chi connectivity index (χ0v) is 17.4. The average molecular weight is 420 g/mol. The Balaban J connectivity index is 1.21. The minimum Gasteiger partial charge on any atom is -0.456 e. The second kappa shape index (κ2) is 8.71. The normalized spacial score (nSPS) is 15.0. The molecule has 2 heterocycles. The van der Waals surface area contributed by atoms with Crippen molar-refractivity contribution >= 4 is 23.7 Å². The summed E-state index contributed by atoms with van der Waals surface area (Å²) < 4.78 is 5.12. The molecule has 0 aromatic heterocycles. The molecule has 0 N–H and O–H groups in total. The van der Waals surface area contributed by atoms with Gasteiger partial charge in [0.25, 0.3) is 17.7 Å². The van der Waals surface area contributed by atoms with Gasteiger partial charge in [-0.05, 0) is 43.0 Å². The van der Waals surface area contributed by atoms with Gasteiger partial charge in [-0.15, -0.1) is 0 Å². The average Bonchev–Trinajstić information content (AvgIpc) is 3.01. The molecule has 2 aromatic rings. The molecule has 0 unspecified atom stereocenters. The Morgan fingerprint density at radius 1 is 1.00 bits per heavy atom. The molecule has 2 aliphatic heterocycles. The lowest BCUT2D eigenvalue weighted by Crippen LogP contribution is -2.38. The van der Waals surface area contributed by atoms with Crippen LogP contribution in [0.4, 0.5) is 0 Å². The van der Waals surface area contributed by atoms with E-state index in [-0.39, 0.29) is 43.7 Å². The van der Waals surface area contributed by atoms with E-state index in [4.69, 9.17) is 4.74 Å². The number of ether oxygens (including phenoxy) is 1. The number of amides is 3. The molecule has 0 spiro atoms. The topological polar surface area (TPSA) is 84.0 Å². The number of aryl methyl sites for hydroxylation is 1. The highest BCUT2D eigenvalue weighted by molar-refractivity contribution is 6.21. The van der Waals surface area contributed by atoms with Crippen LogP contribution in [0.15, 0.2) is 42.5 Å². The number of carbonyl (C=O) groups excluding carboxylic acids is 4. The lowest BCUT2D eigenvalue weighted by atomic mass is 10.00. The van der Waals surface area contributed by atoms with Crippen molar-refractivity contribution in [2.75, 3.05) is 19.7 Å². The first-order valence-electron chi connectivity index (χ1n) is 10.4. The van der Waals surface area contributed by atoms with Crippen LogP contribution in [0, 0.1) is 6.92 Å². The molecule has 0 saturated heterocycles. The molecule has 0 atom stereocenters. The minimum absolute atomic E-state index is 0.0303. The van der Waals surface area contributed by atoms with Gasteiger partial charge in [0, 0.05) is 26.1 Å². The Hall–Kier alpha value is -3.48. The third-order valence-electron chi connectivity index (χ3n) is 5.73. The van der Waals surface area contributed by atoms with Gasteiger partial charge < -0.3 is 9.64 Å². The van der Waals surface area contributed by atoms with Crippen LogP contribution in [0.1, 0.15) is 50.2 Å². The van der Waals surface area contributed by atoms with E-state index in [0.29, 0.717) is 24.2 Å². The predicted octanol–water partition coefficient (Wildman–Crippen LogP) is 2.50. The molecule has 0 saturated carbocycles. The van der Waals surface area contributed by atoms with E-state index >= 15 is 0 Å². The highest BCUT2D eigenvalue weighted by Crippen LogP contribution is 2.24. The summed E-state index contributed by atoms with van der Waals surface area (Å²) in [6.45, 7) is 2.82. The summed E-state index contributed by atoms with van der Waals surface area (Å²) in [5, 5.41) is 0. The van der Waals surface area contributed by atoms with Crippen molar-refractivity contribution in [3.8, 4) is 0 Å². The monoisotopic (exact) mass is 420 g/mol. The lowest BCUT2D eigenvalue weighted by molar-refractivity contribution is -0.152. The molecule has 2 aromatic carbocycles. The molecule has 7 heteroatoms. The minimum atomic E-state index is -0.516. The van der Waals surface area contributed by atoms with Crippen LogP contribution >= 0.6 is 0 Å². The SMILES string of the molecule is Cc1ccc2c(c1)C(=O)N(CCCC(=O)OCC(=O)N1CCc3ccccc3C1)C2=O. The molecule has 3 amide bonds. The Morgan fingerprint density at radius 3 is 2.55 bits per heavy atom. The van der Waals surface area contributed by atoms with E-state index in [1.54, 1.807) is 23.1 Å². The van der Waals surface area contributed by atoms with Crippen LogP contribution in [-0.4, -0.2) is 53.2 Å². The van der Waals surface area contributed by atoms with Crippen molar-refractivity contribution in [1.82, 2.24) is 9.80 Å². The number of rotatable bonds is 6. The van der Waals surface area contributed by atoms with Crippen LogP contribution in [0.5, 0.6) is 0 Å². The summed E-state index contributed by atoms with van der Waals surface area (Å²) in [5.74, 6) is -1.41. The number of carbonyl (C=O) groups is 4. The first-order chi connectivity index (χ1) is 14.9. The predicted molar refractivity (Wildman–Crippen MR) is 112 cm³/mol. The molecule has 2 aliphatic rings. The van der Waals surface area contributed by atoms with Crippen molar-refractivity contribution in [1.29, 1.82) is 0 Å². The van der Waals surface area contributed by atoms with Crippen molar-refractivity contribution in [3.63, 3.8) is 0 Å². The van der Waals surface area contributed by atoms with E-state index in [0.717, 1.165) is 22.4 Å². The highest BCUT2D eigenvalue weighted by atomic mass is 16.5. The van der Waals surface area contributed by atoms with E-state index in [2.05, 4.69) is 6.07 Å². The molecule has 0 bridgehead atoms. The zero-order valence-electron chi connectivity index (χ0n) is 17.4. The third kappa shape index (κ3) is 4.35.